The van der Waals surface area contributed by atoms with E-state index in [0.29, 0.717) is 45.6 Å². The average molecular weight is 418 g/mol. The molecule has 30 heavy (non-hydrogen) atoms. The third kappa shape index (κ3) is 3.65. The molecular formula is C19H17F3N6O2. The minimum Gasteiger partial charge on any atom is -0.406 e. The third-order valence-electron chi connectivity index (χ3n) is 4.46. The number of H-pyrrole nitrogens is 1. The van der Waals surface area contributed by atoms with Crippen molar-refractivity contribution in [3.8, 4) is 17.1 Å². The van der Waals surface area contributed by atoms with Crippen LogP contribution in [-0.2, 0) is 7.05 Å². The van der Waals surface area contributed by atoms with E-state index in [0.717, 1.165) is 6.42 Å². The van der Waals surface area contributed by atoms with Crippen LogP contribution in [0.3, 0.4) is 0 Å². The van der Waals surface area contributed by atoms with Gasteiger partial charge in [-0.25, -0.2) is 9.97 Å². The number of hydrogen-bond donors (Lipinski definition) is 2. The van der Waals surface area contributed by atoms with Gasteiger partial charge in [-0.2, -0.15) is 5.10 Å². The first kappa shape index (κ1) is 19.7. The number of benzene rings is 1. The van der Waals surface area contributed by atoms with Crippen LogP contribution in [0.2, 0.25) is 0 Å². The lowest BCUT2D eigenvalue weighted by molar-refractivity contribution is -0.274. The van der Waals surface area contributed by atoms with Gasteiger partial charge in [0.05, 0.1) is 17.3 Å². The number of nitrogens with one attached hydrogen (secondary N) is 2. The maximum atomic E-state index is 12.6. The fraction of sp³-hybridized carbons (Fsp3) is 0.263. The van der Waals surface area contributed by atoms with Gasteiger partial charge in [0.25, 0.3) is 5.91 Å². The van der Waals surface area contributed by atoms with E-state index in [1.165, 1.54) is 35.3 Å². The second-order valence-corrected chi connectivity index (χ2v) is 6.61. The van der Waals surface area contributed by atoms with Crippen molar-refractivity contribution in [1.29, 1.82) is 0 Å². The summed E-state index contributed by atoms with van der Waals surface area (Å²) in [6.45, 7) is 2.46. The number of aromatic amines is 1. The van der Waals surface area contributed by atoms with E-state index in [1.807, 2.05) is 6.92 Å². The quantitative estimate of drug-likeness (QED) is 0.517. The number of carbonyl (C=O) groups is 1. The maximum absolute atomic E-state index is 12.6. The molecule has 4 rings (SSSR count). The highest BCUT2D eigenvalue weighted by Gasteiger charge is 2.31. The Morgan fingerprint density at radius 3 is 2.87 bits per heavy atom. The minimum atomic E-state index is -4.80. The summed E-state index contributed by atoms with van der Waals surface area (Å²) in [5.41, 5.74) is 2.34. The van der Waals surface area contributed by atoms with Crippen molar-refractivity contribution >= 4 is 28.0 Å². The van der Waals surface area contributed by atoms with Gasteiger partial charge in [0.1, 0.15) is 22.7 Å². The van der Waals surface area contributed by atoms with Crippen molar-refractivity contribution in [2.75, 3.05) is 6.54 Å². The largest absolute Gasteiger partial charge is 0.573 e. The first-order chi connectivity index (χ1) is 14.3. The van der Waals surface area contributed by atoms with Crippen LogP contribution in [0.15, 0.2) is 30.6 Å². The molecule has 156 valence electrons. The molecule has 0 fully saturated rings. The maximum Gasteiger partial charge on any atom is 0.573 e. The monoisotopic (exact) mass is 418 g/mol. The molecule has 0 aliphatic heterocycles. The normalized spacial score (nSPS) is 11.9. The number of hydrogen-bond acceptors (Lipinski definition) is 5. The summed E-state index contributed by atoms with van der Waals surface area (Å²) in [7, 11) is 1.67. The number of halogens is 3. The van der Waals surface area contributed by atoms with Gasteiger partial charge >= 0.3 is 6.36 Å². The smallest absolute Gasteiger partial charge is 0.406 e. The zero-order chi connectivity index (χ0) is 21.5. The Bertz CT molecular complexity index is 1240. The number of rotatable bonds is 5. The highest BCUT2D eigenvalue weighted by Crippen LogP contribution is 2.32. The summed E-state index contributed by atoms with van der Waals surface area (Å²) in [5.74, 6) is -0.652. The molecule has 0 atom stereocenters. The minimum absolute atomic E-state index is 0.290. The van der Waals surface area contributed by atoms with Crippen LogP contribution in [0.1, 0.15) is 23.7 Å². The summed E-state index contributed by atoms with van der Waals surface area (Å²) in [5, 5.41) is 7.58. The van der Waals surface area contributed by atoms with Crippen LogP contribution in [0.4, 0.5) is 13.2 Å². The summed E-state index contributed by atoms with van der Waals surface area (Å²) in [4.78, 5) is 24.1. The zero-order valence-corrected chi connectivity index (χ0v) is 16.0. The predicted molar refractivity (Wildman–Crippen MR) is 103 cm³/mol. The van der Waals surface area contributed by atoms with Gasteiger partial charge in [-0.1, -0.05) is 6.92 Å². The lowest BCUT2D eigenvalue weighted by atomic mass is 10.1. The SMILES string of the molecule is CCCNC(=O)c1c[nH]c2ncc(-c3nn(C)c4ccc(OC(F)(F)F)cc34)nc12. The number of carbonyl (C=O) groups excluding carboxylic acids is 1. The number of aromatic nitrogens is 5. The Labute approximate surface area is 168 Å². The molecule has 1 amide bonds. The van der Waals surface area contributed by atoms with Crippen molar-refractivity contribution in [2.24, 2.45) is 7.05 Å². The molecule has 3 aromatic heterocycles. The lowest BCUT2D eigenvalue weighted by Gasteiger charge is -2.08. The van der Waals surface area contributed by atoms with Gasteiger partial charge in [-0.15, -0.1) is 13.2 Å². The Balaban J connectivity index is 1.81. The fourth-order valence-electron chi connectivity index (χ4n) is 3.14. The third-order valence-corrected chi connectivity index (χ3v) is 4.46. The molecule has 0 unspecified atom stereocenters. The number of fused-ring (bicyclic) bond motifs is 2. The molecule has 4 aromatic rings. The highest BCUT2D eigenvalue weighted by molar-refractivity contribution is 6.05. The molecule has 1 aromatic carbocycles. The van der Waals surface area contributed by atoms with Crippen molar-refractivity contribution in [3.05, 3.63) is 36.2 Å². The molecule has 0 radical (unpaired) electrons. The molecule has 2 N–H and O–H groups in total. The van der Waals surface area contributed by atoms with Crippen LogP contribution >= 0.6 is 0 Å². The number of alkyl halides is 3. The van der Waals surface area contributed by atoms with E-state index in [2.05, 4.69) is 30.1 Å². The molecule has 8 nitrogen and oxygen atoms in total. The first-order valence-corrected chi connectivity index (χ1v) is 9.12. The second-order valence-electron chi connectivity index (χ2n) is 6.61. The second kappa shape index (κ2) is 7.32. The Morgan fingerprint density at radius 1 is 1.33 bits per heavy atom. The summed E-state index contributed by atoms with van der Waals surface area (Å²) >= 11 is 0. The Morgan fingerprint density at radius 2 is 2.13 bits per heavy atom. The number of aryl methyl sites for hydroxylation is 1. The summed E-state index contributed by atoms with van der Waals surface area (Å²) < 4.78 is 43.4. The van der Waals surface area contributed by atoms with E-state index in [-0.39, 0.29) is 11.7 Å². The molecule has 0 bridgehead atoms. The van der Waals surface area contributed by atoms with Gasteiger partial charge in [-0.3, -0.25) is 9.48 Å². The van der Waals surface area contributed by atoms with Gasteiger partial charge in [0, 0.05) is 25.2 Å². The van der Waals surface area contributed by atoms with E-state index in [9.17, 15) is 18.0 Å². The zero-order valence-electron chi connectivity index (χ0n) is 16.0. The van der Waals surface area contributed by atoms with Crippen LogP contribution in [-0.4, -0.2) is 43.5 Å². The van der Waals surface area contributed by atoms with Gasteiger partial charge in [-0.05, 0) is 24.6 Å². The molecular weight excluding hydrogens is 401 g/mol. The van der Waals surface area contributed by atoms with Gasteiger partial charge in [0.15, 0.2) is 5.65 Å². The first-order valence-electron chi connectivity index (χ1n) is 9.12. The standard InChI is InChI=1S/C19H17F3N6O2/c1-3-6-23-18(29)12-8-24-17-16(12)26-13(9-25-17)15-11-7-10(30-19(20,21)22)4-5-14(11)28(2)27-15/h4-5,7-9H,3,6H2,1-2H3,(H,23,29)(H,24,25). The van der Waals surface area contributed by atoms with E-state index >= 15 is 0 Å². The van der Waals surface area contributed by atoms with E-state index in [1.54, 1.807) is 7.05 Å². The molecule has 0 aliphatic carbocycles. The number of amides is 1. The summed E-state index contributed by atoms with van der Waals surface area (Å²) in [6, 6.07) is 3.96. The van der Waals surface area contributed by atoms with Crippen LogP contribution in [0.5, 0.6) is 5.75 Å². The van der Waals surface area contributed by atoms with Crippen LogP contribution in [0, 0.1) is 0 Å². The van der Waals surface area contributed by atoms with Gasteiger partial charge in [0.2, 0.25) is 0 Å². The Hall–Kier alpha value is -3.63. The molecule has 0 saturated carbocycles. The molecule has 11 heteroatoms. The van der Waals surface area contributed by atoms with Gasteiger partial charge < -0.3 is 15.0 Å². The van der Waals surface area contributed by atoms with Crippen LogP contribution < -0.4 is 10.1 Å². The van der Waals surface area contributed by atoms with Crippen molar-refractivity contribution in [1.82, 2.24) is 30.0 Å². The summed E-state index contributed by atoms with van der Waals surface area (Å²) in [6.07, 6.45) is -1.05. The average Bonchev–Trinajstić information content (AvgIpc) is 3.25. The molecule has 3 heterocycles. The van der Waals surface area contributed by atoms with Crippen molar-refractivity contribution in [3.63, 3.8) is 0 Å². The Kier molecular flexibility index (Phi) is 4.80. The topological polar surface area (TPSA) is 97.7 Å². The van der Waals surface area contributed by atoms with Crippen molar-refractivity contribution < 1.29 is 22.7 Å². The van der Waals surface area contributed by atoms with E-state index in [4.69, 9.17) is 0 Å². The number of nitrogens with zero attached hydrogens (tertiary/aromatic N) is 4. The molecule has 0 saturated heterocycles. The number of ether oxygens (including phenoxy) is 1. The van der Waals surface area contributed by atoms with Crippen molar-refractivity contribution in [2.45, 2.75) is 19.7 Å². The van der Waals surface area contributed by atoms with Crippen LogP contribution in [0.25, 0.3) is 33.5 Å². The fourth-order valence-corrected chi connectivity index (χ4v) is 3.14. The predicted octanol–water partition coefficient (Wildman–Crippen LogP) is 3.55. The molecule has 0 aliphatic rings. The highest BCUT2D eigenvalue weighted by atomic mass is 19.4. The van der Waals surface area contributed by atoms with E-state index < -0.39 is 6.36 Å². The molecule has 0 spiro atoms. The lowest BCUT2D eigenvalue weighted by Crippen LogP contribution is -2.23.